The Morgan fingerprint density at radius 3 is 1.62 bits per heavy atom. The van der Waals surface area contributed by atoms with Gasteiger partial charge in [0.15, 0.2) is 0 Å². The molecule has 0 saturated heterocycles. The van der Waals surface area contributed by atoms with Gasteiger partial charge in [-0.1, -0.05) is 36.4 Å². The van der Waals surface area contributed by atoms with Crippen LogP contribution < -0.4 is 5.32 Å². The minimum atomic E-state index is -1.24. The van der Waals surface area contributed by atoms with Crippen molar-refractivity contribution in [2.24, 2.45) is 0 Å². The first-order valence-electron chi connectivity index (χ1n) is 4.68. The molecule has 1 aromatic carbocycles. The van der Waals surface area contributed by atoms with E-state index >= 15 is 0 Å². The number of aliphatic hydroxyl groups is 1. The van der Waals surface area contributed by atoms with E-state index in [1.807, 2.05) is 41.7 Å². The molecule has 0 fully saturated rings. The maximum Gasteiger partial charge on any atom is 0.328 e. The molecule has 0 aliphatic rings. The molecule has 3 N–H and O–H groups in total. The summed E-state index contributed by atoms with van der Waals surface area (Å²) in [6.07, 6.45) is 0. The van der Waals surface area contributed by atoms with Crippen LogP contribution in [-0.4, -0.2) is 34.7 Å². The van der Waals surface area contributed by atoms with Crippen LogP contribution in [-0.2, 0) is 9.59 Å². The molecule has 1 aromatic rings. The predicted octanol–water partition coefficient (Wildman–Crippen LogP) is 0.255. The third kappa shape index (κ3) is 7.52. The van der Waals surface area contributed by atoms with Crippen LogP contribution in [0.15, 0.2) is 36.4 Å². The van der Waals surface area contributed by atoms with Crippen molar-refractivity contribution >= 4 is 11.9 Å². The van der Waals surface area contributed by atoms with E-state index in [-0.39, 0.29) is 0 Å². The molecule has 5 nitrogen and oxygen atoms in total. The molecule has 1 rings (SSSR count). The van der Waals surface area contributed by atoms with Crippen molar-refractivity contribution < 1.29 is 19.8 Å². The fourth-order valence-corrected chi connectivity index (χ4v) is 0.816. The predicted molar refractivity (Wildman–Crippen MR) is 58.8 cm³/mol. The number of aliphatic hydroxyl groups excluding tert-OH is 1. The highest BCUT2D eigenvalue weighted by atomic mass is 16.4. The Labute approximate surface area is 93.7 Å². The first-order valence-corrected chi connectivity index (χ1v) is 4.68. The number of carboxylic acids is 1. The maximum atomic E-state index is 10.2. The van der Waals surface area contributed by atoms with E-state index in [1.165, 1.54) is 6.92 Å². The topological polar surface area (TPSA) is 86.6 Å². The first-order chi connectivity index (χ1) is 7.57. The van der Waals surface area contributed by atoms with Crippen LogP contribution in [0.4, 0.5) is 0 Å². The van der Waals surface area contributed by atoms with Crippen molar-refractivity contribution in [3.63, 3.8) is 0 Å². The van der Waals surface area contributed by atoms with Crippen LogP contribution >= 0.6 is 0 Å². The summed E-state index contributed by atoms with van der Waals surface area (Å²) in [5.41, 5.74) is 0. The van der Waals surface area contributed by atoms with Crippen molar-refractivity contribution in [2.45, 2.75) is 13.0 Å². The van der Waals surface area contributed by atoms with Gasteiger partial charge >= 0.3 is 5.97 Å². The van der Waals surface area contributed by atoms with Gasteiger partial charge in [0.1, 0.15) is 6.04 Å². The molecule has 0 aromatic heterocycles. The number of rotatable bonds is 3. The fourth-order valence-electron chi connectivity index (χ4n) is 0.816. The second-order valence-electron chi connectivity index (χ2n) is 2.93. The van der Waals surface area contributed by atoms with Crippen LogP contribution in [0.2, 0.25) is 0 Å². The lowest BCUT2D eigenvalue weighted by atomic mass is 10.3. The van der Waals surface area contributed by atoms with Gasteiger partial charge < -0.3 is 15.5 Å². The molecular formula is C11H15NO4. The van der Waals surface area contributed by atoms with E-state index in [9.17, 15) is 9.59 Å². The number of carbonyl (C=O) groups excluding carboxylic acids is 1. The first kappa shape index (κ1) is 14.1. The van der Waals surface area contributed by atoms with Crippen LogP contribution in [0.1, 0.15) is 6.92 Å². The van der Waals surface area contributed by atoms with E-state index in [2.05, 4.69) is 0 Å². The molecule has 1 atom stereocenters. The fraction of sp³-hybridized carbons (Fsp3) is 0.273. The van der Waals surface area contributed by atoms with Crippen molar-refractivity contribution in [1.29, 1.82) is 0 Å². The monoisotopic (exact) mass is 225 g/mol. The molecule has 0 saturated carbocycles. The van der Waals surface area contributed by atoms with Crippen molar-refractivity contribution in [1.82, 2.24) is 5.32 Å². The third-order valence-corrected chi connectivity index (χ3v) is 1.52. The average Bonchev–Trinajstić information content (AvgIpc) is 2.28. The number of hydrogen-bond donors (Lipinski definition) is 3. The summed E-state index contributed by atoms with van der Waals surface area (Å²) in [5, 5.41) is 18.6. The van der Waals surface area contributed by atoms with Crippen molar-refractivity contribution in [3.05, 3.63) is 36.4 Å². The number of nitrogens with one attached hydrogen (secondary N) is 1. The molecule has 0 heterocycles. The molecule has 0 aliphatic heterocycles. The van der Waals surface area contributed by atoms with Crippen LogP contribution in [0.5, 0.6) is 0 Å². The summed E-state index contributed by atoms with van der Waals surface area (Å²) in [6, 6.07) is 10.8. The quantitative estimate of drug-likeness (QED) is 0.688. The molecular weight excluding hydrogens is 210 g/mol. The van der Waals surface area contributed by atoms with Crippen LogP contribution in [0.3, 0.4) is 0 Å². The Morgan fingerprint density at radius 1 is 1.12 bits per heavy atom. The number of hydrogen-bond acceptors (Lipinski definition) is 3. The molecule has 88 valence electrons. The van der Waals surface area contributed by atoms with Gasteiger partial charge in [-0.25, -0.2) is 4.79 Å². The average molecular weight is 225 g/mol. The Morgan fingerprint density at radius 2 is 1.50 bits per heavy atom. The van der Waals surface area contributed by atoms with E-state index < -0.39 is 24.5 Å². The standard InChI is InChI=1S/C6H6.C5H9NO4/c1-2-4-6-5-3-1;1-3(8)6-4(2-7)5(9)10/h1-6H;4,7H,2H2,1H3,(H,6,8)(H,9,10). The molecule has 5 heteroatoms. The van der Waals surface area contributed by atoms with E-state index in [1.54, 1.807) is 0 Å². The van der Waals surface area contributed by atoms with E-state index in [0.717, 1.165) is 0 Å². The van der Waals surface area contributed by atoms with Crippen LogP contribution in [0, 0.1) is 0 Å². The molecule has 0 bridgehead atoms. The largest absolute Gasteiger partial charge is 0.480 e. The van der Waals surface area contributed by atoms with E-state index in [0.29, 0.717) is 0 Å². The number of aliphatic carboxylic acids is 1. The summed E-state index contributed by atoms with van der Waals surface area (Å²) in [7, 11) is 0. The highest BCUT2D eigenvalue weighted by Crippen LogP contribution is 1.81. The Hall–Kier alpha value is -1.88. The zero-order chi connectivity index (χ0) is 12.4. The Bertz CT molecular complexity index is 286. The van der Waals surface area contributed by atoms with Crippen LogP contribution in [0.25, 0.3) is 0 Å². The summed E-state index contributed by atoms with van der Waals surface area (Å²) < 4.78 is 0. The van der Waals surface area contributed by atoms with Gasteiger partial charge in [0.2, 0.25) is 5.91 Å². The van der Waals surface area contributed by atoms with Gasteiger partial charge in [-0.15, -0.1) is 0 Å². The van der Waals surface area contributed by atoms with Gasteiger partial charge in [0.05, 0.1) is 6.61 Å². The van der Waals surface area contributed by atoms with E-state index in [4.69, 9.17) is 10.2 Å². The minimum absolute atomic E-state index is 0.471. The van der Waals surface area contributed by atoms with Crippen molar-refractivity contribution in [2.75, 3.05) is 6.61 Å². The highest BCUT2D eigenvalue weighted by Gasteiger charge is 2.15. The SMILES string of the molecule is CC(=O)NC(CO)C(=O)O.c1ccccc1. The third-order valence-electron chi connectivity index (χ3n) is 1.52. The second-order valence-corrected chi connectivity index (χ2v) is 2.93. The van der Waals surface area contributed by atoms with Gasteiger partial charge in [0, 0.05) is 6.92 Å². The second kappa shape index (κ2) is 8.43. The molecule has 1 amide bonds. The van der Waals surface area contributed by atoms with Gasteiger partial charge in [0.25, 0.3) is 0 Å². The summed E-state index contributed by atoms with van der Waals surface area (Å²) in [4.78, 5) is 20.3. The smallest absolute Gasteiger partial charge is 0.328 e. The normalized spacial score (nSPS) is 10.6. The van der Waals surface area contributed by atoms with Gasteiger partial charge in [-0.2, -0.15) is 0 Å². The number of benzene rings is 1. The zero-order valence-corrected chi connectivity index (χ0v) is 8.96. The lowest BCUT2D eigenvalue weighted by molar-refractivity contribution is -0.142. The molecule has 0 radical (unpaired) electrons. The molecule has 1 unspecified atom stereocenters. The Kier molecular flexibility index (Phi) is 7.44. The van der Waals surface area contributed by atoms with Gasteiger partial charge in [-0.3, -0.25) is 4.79 Å². The number of carbonyl (C=O) groups is 2. The molecule has 16 heavy (non-hydrogen) atoms. The summed E-state index contributed by atoms with van der Waals surface area (Å²) in [6.45, 7) is 0.598. The lowest BCUT2D eigenvalue weighted by Gasteiger charge is -2.08. The molecule has 0 spiro atoms. The zero-order valence-electron chi connectivity index (χ0n) is 8.96. The summed E-state index contributed by atoms with van der Waals surface area (Å²) >= 11 is 0. The van der Waals surface area contributed by atoms with Gasteiger partial charge in [-0.05, 0) is 0 Å². The maximum absolute atomic E-state index is 10.2. The highest BCUT2D eigenvalue weighted by molar-refractivity contribution is 5.82. The molecule has 0 aliphatic carbocycles. The number of carboxylic acid groups (broad SMARTS) is 1. The number of amides is 1. The summed E-state index contributed by atoms with van der Waals surface area (Å²) in [5.74, 6) is -1.71. The van der Waals surface area contributed by atoms with Crippen molar-refractivity contribution in [3.8, 4) is 0 Å². The lowest BCUT2D eigenvalue weighted by Crippen LogP contribution is -2.42. The minimum Gasteiger partial charge on any atom is -0.480 e. The Balaban J connectivity index is 0.000000315.